The Balaban J connectivity index is 0.00000341. The number of piperidine rings is 1. The van der Waals surface area contributed by atoms with Gasteiger partial charge in [-0.1, -0.05) is 6.42 Å². The zero-order chi connectivity index (χ0) is 21.2. The van der Waals surface area contributed by atoms with Gasteiger partial charge in [-0.25, -0.2) is 9.98 Å². The van der Waals surface area contributed by atoms with Gasteiger partial charge in [-0.3, -0.25) is 0 Å². The lowest BCUT2D eigenvalue weighted by Crippen LogP contribution is -2.44. The molecule has 0 spiro atoms. The summed E-state index contributed by atoms with van der Waals surface area (Å²) in [5, 5.41) is 6.89. The molecule has 0 radical (unpaired) electrons. The summed E-state index contributed by atoms with van der Waals surface area (Å²) in [5.74, 6) is 1.98. The summed E-state index contributed by atoms with van der Waals surface area (Å²) < 4.78 is 0. The van der Waals surface area contributed by atoms with Gasteiger partial charge in [0.05, 0.1) is 6.54 Å². The van der Waals surface area contributed by atoms with Crippen molar-refractivity contribution < 1.29 is 0 Å². The van der Waals surface area contributed by atoms with Crippen molar-refractivity contribution in [3.05, 3.63) is 23.9 Å². The first-order valence-electron chi connectivity index (χ1n) is 11.8. The van der Waals surface area contributed by atoms with E-state index in [0.29, 0.717) is 6.54 Å². The highest BCUT2D eigenvalue weighted by molar-refractivity contribution is 14.0. The van der Waals surface area contributed by atoms with Crippen molar-refractivity contribution in [2.45, 2.75) is 52.1 Å². The predicted octanol–water partition coefficient (Wildman–Crippen LogP) is 2.77. The average Bonchev–Trinajstić information content (AvgIpc) is 2.77. The van der Waals surface area contributed by atoms with E-state index in [1.165, 1.54) is 37.9 Å². The minimum atomic E-state index is 0. The molecular weight excluding hydrogens is 501 g/mol. The largest absolute Gasteiger partial charge is 0.357 e. The van der Waals surface area contributed by atoms with E-state index in [0.717, 1.165) is 63.5 Å². The second-order valence-corrected chi connectivity index (χ2v) is 8.67. The highest BCUT2D eigenvalue weighted by Crippen LogP contribution is 2.16. The van der Waals surface area contributed by atoms with Gasteiger partial charge < -0.3 is 25.3 Å². The summed E-state index contributed by atoms with van der Waals surface area (Å²) in [6.07, 6.45) is 7.15. The molecule has 1 aromatic rings. The molecule has 2 aliphatic heterocycles. The van der Waals surface area contributed by atoms with Crippen LogP contribution in [0.25, 0.3) is 0 Å². The first kappa shape index (κ1) is 26.1. The molecule has 3 heterocycles. The van der Waals surface area contributed by atoms with E-state index in [9.17, 15) is 0 Å². The van der Waals surface area contributed by atoms with Gasteiger partial charge >= 0.3 is 0 Å². The number of likely N-dealkylation sites (tertiary alicyclic amines) is 1. The average molecular weight is 544 g/mol. The number of nitrogens with one attached hydrogen (secondary N) is 2. The number of pyridine rings is 1. The van der Waals surface area contributed by atoms with Crippen molar-refractivity contribution in [3.8, 4) is 0 Å². The SMILES string of the molecule is CCNC(=NCc1ccnc(N2CCN(C)CC2)c1)NCCCN1CCCCC1C.I. The Morgan fingerprint density at radius 1 is 1.16 bits per heavy atom. The van der Waals surface area contributed by atoms with Crippen LogP contribution in [0.4, 0.5) is 5.82 Å². The number of nitrogens with zero attached hydrogens (tertiary/aromatic N) is 5. The molecule has 0 saturated carbocycles. The van der Waals surface area contributed by atoms with Crippen molar-refractivity contribution in [3.63, 3.8) is 0 Å². The van der Waals surface area contributed by atoms with Crippen molar-refractivity contribution in [1.82, 2.24) is 25.4 Å². The molecule has 2 fully saturated rings. The number of aliphatic imine (C=N–C) groups is 1. The molecule has 2 N–H and O–H groups in total. The number of anilines is 1. The summed E-state index contributed by atoms with van der Waals surface area (Å²) in [7, 11) is 2.18. The molecule has 3 rings (SSSR count). The topological polar surface area (TPSA) is 59.0 Å². The molecule has 0 aliphatic carbocycles. The summed E-state index contributed by atoms with van der Waals surface area (Å²) in [5.41, 5.74) is 1.21. The third-order valence-corrected chi connectivity index (χ3v) is 6.26. The fraction of sp³-hybridized carbons (Fsp3) is 0.739. The smallest absolute Gasteiger partial charge is 0.191 e. The fourth-order valence-electron chi connectivity index (χ4n) is 4.26. The standard InChI is InChI=1S/C23H41N7.HI/c1-4-24-23(26-10-7-13-29-12-6-5-8-20(29)2)27-19-21-9-11-25-22(18-21)30-16-14-28(3)15-17-30;/h9,11,18,20H,4-8,10,12-17,19H2,1-3H3,(H2,24,26,27);1H. The van der Waals surface area contributed by atoms with Gasteiger partial charge in [-0.05, 0) is 64.4 Å². The van der Waals surface area contributed by atoms with Crippen molar-refractivity contribution in [1.29, 1.82) is 0 Å². The minimum Gasteiger partial charge on any atom is -0.357 e. The lowest BCUT2D eigenvalue weighted by Gasteiger charge is -2.33. The minimum absolute atomic E-state index is 0. The maximum absolute atomic E-state index is 4.81. The van der Waals surface area contributed by atoms with E-state index in [-0.39, 0.29) is 24.0 Å². The molecule has 2 saturated heterocycles. The van der Waals surface area contributed by atoms with Gasteiger partial charge in [-0.15, -0.1) is 24.0 Å². The molecule has 7 nitrogen and oxygen atoms in total. The van der Waals surface area contributed by atoms with Crippen LogP contribution in [0, 0.1) is 0 Å². The van der Waals surface area contributed by atoms with Gasteiger partial charge in [0.2, 0.25) is 0 Å². The number of hydrogen-bond donors (Lipinski definition) is 2. The second-order valence-electron chi connectivity index (χ2n) is 8.67. The number of halogens is 1. The highest BCUT2D eigenvalue weighted by atomic mass is 127. The van der Waals surface area contributed by atoms with Crippen LogP contribution in [0.5, 0.6) is 0 Å². The molecule has 1 aromatic heterocycles. The lowest BCUT2D eigenvalue weighted by molar-refractivity contribution is 0.159. The second kappa shape index (κ2) is 14.1. The summed E-state index contributed by atoms with van der Waals surface area (Å²) in [6.45, 7) is 13.7. The van der Waals surface area contributed by atoms with Crippen LogP contribution in [-0.4, -0.2) is 86.2 Å². The Labute approximate surface area is 206 Å². The monoisotopic (exact) mass is 543 g/mol. The zero-order valence-electron chi connectivity index (χ0n) is 19.6. The van der Waals surface area contributed by atoms with Crippen LogP contribution in [0.2, 0.25) is 0 Å². The number of likely N-dealkylation sites (N-methyl/N-ethyl adjacent to an activating group) is 1. The number of hydrogen-bond acceptors (Lipinski definition) is 5. The van der Waals surface area contributed by atoms with Crippen LogP contribution < -0.4 is 15.5 Å². The molecule has 8 heteroatoms. The van der Waals surface area contributed by atoms with Crippen LogP contribution in [-0.2, 0) is 6.54 Å². The summed E-state index contributed by atoms with van der Waals surface area (Å²) in [6, 6.07) is 5.00. The first-order valence-corrected chi connectivity index (χ1v) is 11.8. The van der Waals surface area contributed by atoms with E-state index in [4.69, 9.17) is 4.99 Å². The van der Waals surface area contributed by atoms with E-state index < -0.39 is 0 Å². The Bertz CT molecular complexity index is 661. The van der Waals surface area contributed by atoms with Crippen molar-refractivity contribution >= 4 is 35.8 Å². The van der Waals surface area contributed by atoms with Gasteiger partial charge in [0.25, 0.3) is 0 Å². The van der Waals surface area contributed by atoms with E-state index in [2.05, 4.69) is 63.3 Å². The van der Waals surface area contributed by atoms with Crippen molar-refractivity contribution in [2.75, 3.05) is 64.3 Å². The van der Waals surface area contributed by atoms with Crippen LogP contribution in [0.1, 0.15) is 45.1 Å². The van der Waals surface area contributed by atoms with Gasteiger partial charge in [0, 0.05) is 58.1 Å². The predicted molar refractivity (Wildman–Crippen MR) is 142 cm³/mol. The fourth-order valence-corrected chi connectivity index (χ4v) is 4.26. The third kappa shape index (κ3) is 8.73. The normalized spacial score (nSPS) is 20.9. The maximum atomic E-state index is 4.81. The first-order chi connectivity index (χ1) is 14.7. The number of aromatic nitrogens is 1. The highest BCUT2D eigenvalue weighted by Gasteiger charge is 2.17. The molecular formula is C23H42IN7. The third-order valence-electron chi connectivity index (χ3n) is 6.26. The molecule has 2 aliphatic rings. The molecule has 31 heavy (non-hydrogen) atoms. The summed E-state index contributed by atoms with van der Waals surface area (Å²) >= 11 is 0. The Morgan fingerprint density at radius 3 is 2.71 bits per heavy atom. The molecule has 1 atom stereocenters. The molecule has 0 amide bonds. The zero-order valence-corrected chi connectivity index (χ0v) is 22.0. The van der Waals surface area contributed by atoms with Gasteiger partial charge in [0.1, 0.15) is 5.82 Å². The lowest BCUT2D eigenvalue weighted by atomic mass is 10.0. The number of rotatable bonds is 8. The van der Waals surface area contributed by atoms with Crippen LogP contribution in [0.3, 0.4) is 0 Å². The van der Waals surface area contributed by atoms with E-state index >= 15 is 0 Å². The van der Waals surface area contributed by atoms with Crippen LogP contribution in [0.15, 0.2) is 23.3 Å². The molecule has 1 unspecified atom stereocenters. The van der Waals surface area contributed by atoms with Crippen LogP contribution >= 0.6 is 24.0 Å². The van der Waals surface area contributed by atoms with Gasteiger partial charge in [-0.2, -0.15) is 0 Å². The Kier molecular flexibility index (Phi) is 11.9. The maximum Gasteiger partial charge on any atom is 0.191 e. The number of guanidine groups is 1. The molecule has 176 valence electrons. The van der Waals surface area contributed by atoms with Gasteiger partial charge in [0.15, 0.2) is 5.96 Å². The van der Waals surface area contributed by atoms with E-state index in [1.54, 1.807) is 0 Å². The Hall–Kier alpha value is -1.13. The quantitative estimate of drug-likeness (QED) is 0.228. The van der Waals surface area contributed by atoms with Crippen molar-refractivity contribution in [2.24, 2.45) is 4.99 Å². The Morgan fingerprint density at radius 2 is 1.97 bits per heavy atom. The summed E-state index contributed by atoms with van der Waals surface area (Å²) in [4.78, 5) is 16.8. The molecule has 0 aromatic carbocycles. The molecule has 0 bridgehead atoms. The van der Waals surface area contributed by atoms with E-state index in [1.807, 2.05) is 6.20 Å². The number of piperazine rings is 1.